The molecule has 0 spiro atoms. The zero-order valence-electron chi connectivity index (χ0n) is 14.0. The maximum Gasteiger partial charge on any atom is 0.337 e. The molecule has 0 aliphatic carbocycles. The molecule has 132 valence electrons. The van der Waals surface area contributed by atoms with Crippen molar-refractivity contribution in [3.63, 3.8) is 0 Å². The molecular formula is C19H20FNO4. The Morgan fingerprint density at radius 1 is 1.04 bits per heavy atom. The van der Waals surface area contributed by atoms with Crippen molar-refractivity contribution >= 4 is 11.9 Å². The van der Waals surface area contributed by atoms with Crippen LogP contribution in [0.4, 0.5) is 4.39 Å². The number of hydrogen-bond donors (Lipinski definition) is 1. The molecule has 2 rings (SSSR count). The average molecular weight is 345 g/mol. The van der Waals surface area contributed by atoms with Crippen molar-refractivity contribution in [1.29, 1.82) is 0 Å². The van der Waals surface area contributed by atoms with Gasteiger partial charge in [0.1, 0.15) is 11.6 Å². The van der Waals surface area contributed by atoms with Crippen LogP contribution in [0.15, 0.2) is 48.5 Å². The Morgan fingerprint density at radius 2 is 1.72 bits per heavy atom. The molecule has 0 aliphatic rings. The second-order valence-electron chi connectivity index (χ2n) is 5.37. The molecule has 0 saturated carbocycles. The molecule has 1 N–H and O–H groups in total. The number of benzene rings is 2. The Bertz CT molecular complexity index is 698. The lowest BCUT2D eigenvalue weighted by atomic mass is 10.1. The molecule has 6 heteroatoms. The monoisotopic (exact) mass is 345 g/mol. The Morgan fingerprint density at radius 3 is 2.36 bits per heavy atom. The maximum atomic E-state index is 12.8. The fraction of sp³-hybridized carbons (Fsp3) is 0.263. The van der Waals surface area contributed by atoms with Crippen LogP contribution in [0.1, 0.15) is 28.8 Å². The minimum Gasteiger partial charge on any atom is -0.494 e. The minimum atomic E-state index is -0.392. The average Bonchev–Trinajstić information content (AvgIpc) is 2.64. The van der Waals surface area contributed by atoms with Gasteiger partial charge < -0.3 is 14.8 Å². The first-order valence-electron chi connectivity index (χ1n) is 7.91. The number of carbonyl (C=O) groups excluding carboxylic acids is 2. The summed E-state index contributed by atoms with van der Waals surface area (Å²) in [4.78, 5) is 23.1. The molecule has 0 radical (unpaired) electrons. The van der Waals surface area contributed by atoms with Crippen LogP contribution in [0.25, 0.3) is 0 Å². The number of methoxy groups -OCH3 is 1. The van der Waals surface area contributed by atoms with Gasteiger partial charge in [0.25, 0.3) is 0 Å². The number of nitrogens with one attached hydrogen (secondary N) is 1. The van der Waals surface area contributed by atoms with Gasteiger partial charge in [0, 0.05) is 13.0 Å². The van der Waals surface area contributed by atoms with Crippen molar-refractivity contribution in [1.82, 2.24) is 5.32 Å². The number of amides is 1. The first-order valence-corrected chi connectivity index (χ1v) is 7.91. The van der Waals surface area contributed by atoms with Crippen LogP contribution in [0.3, 0.4) is 0 Å². The van der Waals surface area contributed by atoms with E-state index < -0.39 is 5.97 Å². The van der Waals surface area contributed by atoms with Gasteiger partial charge in [0.2, 0.25) is 5.91 Å². The summed E-state index contributed by atoms with van der Waals surface area (Å²) in [5.41, 5.74) is 1.36. The molecule has 0 heterocycles. The van der Waals surface area contributed by atoms with E-state index in [-0.39, 0.29) is 11.7 Å². The standard InChI is InChI=1S/C19H20FNO4/c1-24-19(23)15-6-4-14(5-7-15)13-21-18(22)3-2-12-25-17-10-8-16(20)9-11-17/h4-11H,2-3,12-13H2,1H3,(H,21,22). The van der Waals surface area contributed by atoms with Gasteiger partial charge in [0.15, 0.2) is 0 Å². The summed E-state index contributed by atoms with van der Waals surface area (Å²) in [5, 5.41) is 2.81. The summed E-state index contributed by atoms with van der Waals surface area (Å²) >= 11 is 0. The van der Waals surface area contributed by atoms with Crippen LogP contribution in [0.5, 0.6) is 5.75 Å². The number of ether oxygens (including phenoxy) is 2. The number of hydrogen-bond acceptors (Lipinski definition) is 4. The van der Waals surface area contributed by atoms with Gasteiger partial charge in [-0.3, -0.25) is 4.79 Å². The van der Waals surface area contributed by atoms with E-state index in [2.05, 4.69) is 10.1 Å². The first-order chi connectivity index (χ1) is 12.1. The number of esters is 1. The highest BCUT2D eigenvalue weighted by Crippen LogP contribution is 2.11. The van der Waals surface area contributed by atoms with E-state index in [0.29, 0.717) is 37.3 Å². The molecule has 0 aliphatic heterocycles. The molecule has 0 unspecified atom stereocenters. The van der Waals surface area contributed by atoms with Crippen molar-refractivity contribution in [2.45, 2.75) is 19.4 Å². The molecule has 1 amide bonds. The number of halogens is 1. The third kappa shape index (κ3) is 6.25. The van der Waals surface area contributed by atoms with Crippen LogP contribution < -0.4 is 10.1 Å². The SMILES string of the molecule is COC(=O)c1ccc(CNC(=O)CCCOc2ccc(F)cc2)cc1. The van der Waals surface area contributed by atoms with Crippen molar-refractivity contribution in [3.05, 3.63) is 65.5 Å². The normalized spacial score (nSPS) is 10.2. The van der Waals surface area contributed by atoms with Crippen molar-refractivity contribution in [3.8, 4) is 5.75 Å². The van der Waals surface area contributed by atoms with Gasteiger partial charge >= 0.3 is 5.97 Å². The highest BCUT2D eigenvalue weighted by Gasteiger charge is 2.05. The highest BCUT2D eigenvalue weighted by atomic mass is 19.1. The van der Waals surface area contributed by atoms with Gasteiger partial charge in [-0.2, -0.15) is 0 Å². The molecule has 5 nitrogen and oxygen atoms in total. The van der Waals surface area contributed by atoms with Gasteiger partial charge in [0.05, 0.1) is 19.3 Å². The van der Waals surface area contributed by atoms with Crippen LogP contribution >= 0.6 is 0 Å². The van der Waals surface area contributed by atoms with Gasteiger partial charge in [-0.05, 0) is 48.4 Å². The first kappa shape index (κ1) is 18.4. The third-order valence-corrected chi connectivity index (χ3v) is 3.50. The maximum absolute atomic E-state index is 12.8. The molecule has 25 heavy (non-hydrogen) atoms. The van der Waals surface area contributed by atoms with E-state index in [1.807, 2.05) is 0 Å². The Balaban J connectivity index is 1.65. The van der Waals surface area contributed by atoms with Crippen molar-refractivity contribution in [2.24, 2.45) is 0 Å². The molecular weight excluding hydrogens is 325 g/mol. The van der Waals surface area contributed by atoms with Crippen molar-refractivity contribution in [2.75, 3.05) is 13.7 Å². The predicted octanol–water partition coefficient (Wildman–Crippen LogP) is 3.09. The molecule has 0 atom stereocenters. The topological polar surface area (TPSA) is 64.6 Å². The fourth-order valence-corrected chi connectivity index (χ4v) is 2.12. The second kappa shape index (κ2) is 9.42. The largest absolute Gasteiger partial charge is 0.494 e. The highest BCUT2D eigenvalue weighted by molar-refractivity contribution is 5.89. The van der Waals surface area contributed by atoms with E-state index in [9.17, 15) is 14.0 Å². The van der Waals surface area contributed by atoms with Crippen LogP contribution in [-0.4, -0.2) is 25.6 Å². The fourth-order valence-electron chi connectivity index (χ4n) is 2.12. The smallest absolute Gasteiger partial charge is 0.337 e. The van der Waals surface area contributed by atoms with Crippen LogP contribution in [0, 0.1) is 5.82 Å². The summed E-state index contributed by atoms with van der Waals surface area (Å²) in [6, 6.07) is 12.6. The molecule has 2 aromatic rings. The van der Waals surface area contributed by atoms with Gasteiger partial charge in [-0.15, -0.1) is 0 Å². The summed E-state index contributed by atoms with van der Waals surface area (Å²) < 4.78 is 22.8. The minimum absolute atomic E-state index is 0.0836. The summed E-state index contributed by atoms with van der Waals surface area (Å²) in [7, 11) is 1.33. The van der Waals surface area contributed by atoms with Crippen molar-refractivity contribution < 1.29 is 23.5 Å². The third-order valence-electron chi connectivity index (χ3n) is 3.50. The van der Waals surface area contributed by atoms with Crippen LogP contribution in [0.2, 0.25) is 0 Å². The lowest BCUT2D eigenvalue weighted by Gasteiger charge is -2.08. The lowest BCUT2D eigenvalue weighted by molar-refractivity contribution is -0.121. The molecule has 0 fully saturated rings. The molecule has 0 bridgehead atoms. The van der Waals surface area contributed by atoms with Gasteiger partial charge in [-0.25, -0.2) is 9.18 Å². The summed E-state index contributed by atoms with van der Waals surface area (Å²) in [6.45, 7) is 0.770. The Kier molecular flexibility index (Phi) is 6.95. The quantitative estimate of drug-likeness (QED) is 0.590. The molecule has 0 aromatic heterocycles. The van der Waals surface area contributed by atoms with E-state index in [0.717, 1.165) is 5.56 Å². The zero-order chi connectivity index (χ0) is 18.1. The Hall–Kier alpha value is -2.89. The summed E-state index contributed by atoms with van der Waals surface area (Å²) in [5.74, 6) is -0.213. The van der Waals surface area contributed by atoms with E-state index in [4.69, 9.17) is 4.74 Å². The lowest BCUT2D eigenvalue weighted by Crippen LogP contribution is -2.23. The van der Waals surface area contributed by atoms with Gasteiger partial charge in [-0.1, -0.05) is 12.1 Å². The summed E-state index contributed by atoms with van der Waals surface area (Å²) in [6.07, 6.45) is 0.895. The molecule has 2 aromatic carbocycles. The van der Waals surface area contributed by atoms with E-state index >= 15 is 0 Å². The zero-order valence-corrected chi connectivity index (χ0v) is 14.0. The number of rotatable bonds is 8. The number of carbonyl (C=O) groups is 2. The van der Waals surface area contributed by atoms with E-state index in [1.165, 1.54) is 19.2 Å². The van der Waals surface area contributed by atoms with E-state index in [1.54, 1.807) is 36.4 Å². The Labute approximate surface area is 145 Å². The predicted molar refractivity (Wildman–Crippen MR) is 90.8 cm³/mol. The second-order valence-corrected chi connectivity index (χ2v) is 5.37. The van der Waals surface area contributed by atoms with Crippen LogP contribution in [-0.2, 0) is 16.1 Å². The molecule has 0 saturated heterocycles.